The molecule has 3 rings (SSSR count). The van der Waals surface area contributed by atoms with Gasteiger partial charge in [-0.15, -0.1) is 0 Å². The Morgan fingerprint density at radius 3 is 2.14 bits per heavy atom. The molecule has 0 aromatic heterocycles. The molecule has 0 heterocycles. The average molecular weight is 386 g/mol. The zero-order valence-corrected chi connectivity index (χ0v) is 16.2. The van der Waals surface area contributed by atoms with Gasteiger partial charge in [0, 0.05) is 0 Å². The third kappa shape index (κ3) is 5.42. The molecule has 0 saturated heterocycles. The number of ketones is 1. The fourth-order valence-corrected chi connectivity index (χ4v) is 2.80. The maximum absolute atomic E-state index is 13.2. The Hall–Kier alpha value is -3.66. The Morgan fingerprint density at radius 2 is 1.45 bits per heavy atom. The average Bonchev–Trinajstić information content (AvgIpc) is 2.77. The van der Waals surface area contributed by atoms with Crippen molar-refractivity contribution in [3.63, 3.8) is 0 Å². The minimum atomic E-state index is -0.654. The van der Waals surface area contributed by atoms with Crippen LogP contribution in [0.25, 0.3) is 6.08 Å². The van der Waals surface area contributed by atoms with Crippen molar-refractivity contribution in [3.05, 3.63) is 107 Å². The normalized spacial score (nSPS) is 11.0. The first-order valence-corrected chi connectivity index (χ1v) is 9.43. The summed E-state index contributed by atoms with van der Waals surface area (Å²) in [5.74, 6) is -0.667. The molecule has 0 bridgehead atoms. The number of hydrogen-bond donors (Lipinski definition) is 0. The van der Waals surface area contributed by atoms with Crippen molar-refractivity contribution in [1.82, 2.24) is 0 Å². The van der Waals surface area contributed by atoms with E-state index in [9.17, 15) is 9.59 Å². The summed E-state index contributed by atoms with van der Waals surface area (Å²) in [7, 11) is 0. The summed E-state index contributed by atoms with van der Waals surface area (Å²) in [5, 5.41) is 0. The van der Waals surface area contributed by atoms with E-state index in [1.54, 1.807) is 37.3 Å². The van der Waals surface area contributed by atoms with Gasteiger partial charge in [-0.3, -0.25) is 4.79 Å². The summed E-state index contributed by atoms with van der Waals surface area (Å²) in [6, 6.07) is 25.8. The maximum atomic E-state index is 13.2. The summed E-state index contributed by atoms with van der Waals surface area (Å²) < 4.78 is 11.0. The first-order valence-electron chi connectivity index (χ1n) is 9.43. The van der Waals surface area contributed by atoms with Crippen molar-refractivity contribution >= 4 is 17.8 Å². The molecule has 4 heteroatoms. The highest BCUT2D eigenvalue weighted by atomic mass is 16.5. The van der Waals surface area contributed by atoms with Gasteiger partial charge in [-0.1, -0.05) is 72.8 Å². The van der Waals surface area contributed by atoms with Gasteiger partial charge < -0.3 is 9.47 Å². The second-order valence-electron chi connectivity index (χ2n) is 6.29. The zero-order valence-electron chi connectivity index (χ0n) is 16.2. The minimum absolute atomic E-state index is 0.0335. The van der Waals surface area contributed by atoms with Crippen LogP contribution in [0.3, 0.4) is 0 Å². The molecule has 0 unspecified atom stereocenters. The molecule has 4 nitrogen and oxygen atoms in total. The van der Waals surface area contributed by atoms with Crippen molar-refractivity contribution < 1.29 is 19.1 Å². The number of rotatable bonds is 8. The zero-order chi connectivity index (χ0) is 20.5. The van der Waals surface area contributed by atoms with Crippen molar-refractivity contribution in [2.75, 3.05) is 6.61 Å². The molecule has 0 aliphatic carbocycles. The van der Waals surface area contributed by atoms with E-state index >= 15 is 0 Å². The van der Waals surface area contributed by atoms with Crippen LogP contribution in [0.15, 0.2) is 90.5 Å². The van der Waals surface area contributed by atoms with Gasteiger partial charge >= 0.3 is 5.97 Å². The lowest BCUT2D eigenvalue weighted by atomic mass is 10.00. The Kier molecular flexibility index (Phi) is 6.95. The number of para-hydroxylation sites is 1. The molecule has 0 atom stereocenters. The number of hydrogen-bond acceptors (Lipinski definition) is 4. The van der Waals surface area contributed by atoms with Crippen LogP contribution in [-0.2, 0) is 16.1 Å². The molecule has 0 spiro atoms. The molecule has 0 radical (unpaired) electrons. The molecule has 0 N–H and O–H groups in total. The van der Waals surface area contributed by atoms with E-state index in [4.69, 9.17) is 9.47 Å². The van der Waals surface area contributed by atoms with E-state index in [1.165, 1.54) is 0 Å². The van der Waals surface area contributed by atoms with E-state index in [-0.39, 0.29) is 12.2 Å². The summed E-state index contributed by atoms with van der Waals surface area (Å²) in [4.78, 5) is 25.7. The Bertz CT molecular complexity index is 992. The Morgan fingerprint density at radius 1 is 0.828 bits per heavy atom. The van der Waals surface area contributed by atoms with E-state index in [1.807, 2.05) is 60.7 Å². The van der Waals surface area contributed by atoms with Gasteiger partial charge in [-0.25, -0.2) is 4.79 Å². The maximum Gasteiger partial charge on any atom is 0.342 e. The molecule has 3 aromatic rings. The minimum Gasteiger partial charge on any atom is -0.488 e. The smallest absolute Gasteiger partial charge is 0.342 e. The quantitative estimate of drug-likeness (QED) is 0.178. The first-order chi connectivity index (χ1) is 14.2. The third-order valence-corrected chi connectivity index (χ3v) is 4.22. The van der Waals surface area contributed by atoms with Crippen molar-refractivity contribution in [2.45, 2.75) is 13.5 Å². The lowest BCUT2D eigenvalue weighted by Crippen LogP contribution is -2.17. The topological polar surface area (TPSA) is 52.6 Å². The van der Waals surface area contributed by atoms with Gasteiger partial charge in [-0.05, 0) is 36.3 Å². The van der Waals surface area contributed by atoms with Crippen molar-refractivity contribution in [2.24, 2.45) is 0 Å². The number of ether oxygens (including phenoxy) is 2. The predicted molar refractivity (Wildman–Crippen MR) is 113 cm³/mol. The molecule has 0 aliphatic heterocycles. The van der Waals surface area contributed by atoms with E-state index in [0.29, 0.717) is 17.9 Å². The lowest BCUT2D eigenvalue weighted by Gasteiger charge is -2.12. The summed E-state index contributed by atoms with van der Waals surface area (Å²) in [6.45, 7) is 2.21. The number of carbonyl (C=O) groups excluding carboxylic acids is 2. The molecule has 0 saturated carbocycles. The molecule has 0 fully saturated rings. The molecule has 146 valence electrons. The molecule has 0 amide bonds. The summed E-state index contributed by atoms with van der Waals surface area (Å²) in [5.41, 5.74) is 2.01. The fourth-order valence-electron chi connectivity index (χ4n) is 2.80. The van der Waals surface area contributed by atoms with Gasteiger partial charge in [0.2, 0.25) is 5.78 Å². The third-order valence-electron chi connectivity index (χ3n) is 4.22. The van der Waals surface area contributed by atoms with Crippen molar-refractivity contribution in [3.8, 4) is 5.75 Å². The van der Waals surface area contributed by atoms with Crippen LogP contribution in [0.5, 0.6) is 5.75 Å². The molecule has 3 aromatic carbocycles. The standard InChI is InChI=1S/C25H22O4/c1-2-28-25(27)22(17-19-11-5-3-6-12-19)24(26)21-15-9-10-16-23(21)29-18-20-13-7-4-8-14-20/h3-17H,2,18H2,1H3/b22-17-. The van der Waals surface area contributed by atoms with Crippen LogP contribution in [0.1, 0.15) is 28.4 Å². The fraction of sp³-hybridized carbons (Fsp3) is 0.120. The number of esters is 1. The predicted octanol–water partition coefficient (Wildman–Crippen LogP) is 5.10. The largest absolute Gasteiger partial charge is 0.488 e. The van der Waals surface area contributed by atoms with Gasteiger partial charge in [-0.2, -0.15) is 0 Å². The number of carbonyl (C=O) groups is 2. The molecular formula is C25H22O4. The number of Topliss-reactive ketones (excluding diaryl/α,β-unsaturated/α-hetero) is 1. The van der Waals surface area contributed by atoms with Crippen LogP contribution < -0.4 is 4.74 Å². The summed E-state index contributed by atoms with van der Waals surface area (Å²) in [6.07, 6.45) is 1.55. The first kappa shape index (κ1) is 20.1. The van der Waals surface area contributed by atoms with Crippen LogP contribution in [0.4, 0.5) is 0 Å². The van der Waals surface area contributed by atoms with Gasteiger partial charge in [0.25, 0.3) is 0 Å². The highest BCUT2D eigenvalue weighted by Crippen LogP contribution is 2.24. The highest BCUT2D eigenvalue weighted by Gasteiger charge is 2.24. The van der Waals surface area contributed by atoms with E-state index < -0.39 is 11.8 Å². The van der Waals surface area contributed by atoms with Gasteiger partial charge in [0.15, 0.2) is 0 Å². The van der Waals surface area contributed by atoms with Crippen LogP contribution in [0, 0.1) is 0 Å². The van der Waals surface area contributed by atoms with Crippen molar-refractivity contribution in [1.29, 1.82) is 0 Å². The molecule has 0 aliphatic rings. The number of benzene rings is 3. The highest BCUT2D eigenvalue weighted by molar-refractivity contribution is 6.27. The monoisotopic (exact) mass is 386 g/mol. The van der Waals surface area contributed by atoms with Crippen LogP contribution in [-0.4, -0.2) is 18.4 Å². The Labute approximate surface area is 170 Å². The summed E-state index contributed by atoms with van der Waals surface area (Å²) >= 11 is 0. The lowest BCUT2D eigenvalue weighted by molar-refractivity contribution is -0.137. The van der Waals surface area contributed by atoms with Crippen LogP contribution in [0.2, 0.25) is 0 Å². The second-order valence-corrected chi connectivity index (χ2v) is 6.29. The van der Waals surface area contributed by atoms with Crippen LogP contribution >= 0.6 is 0 Å². The Balaban J connectivity index is 1.91. The second kappa shape index (κ2) is 10.0. The molecule has 29 heavy (non-hydrogen) atoms. The van der Waals surface area contributed by atoms with Gasteiger partial charge in [0.05, 0.1) is 12.2 Å². The van der Waals surface area contributed by atoms with Gasteiger partial charge in [0.1, 0.15) is 17.9 Å². The van der Waals surface area contributed by atoms with E-state index in [2.05, 4.69) is 0 Å². The van der Waals surface area contributed by atoms with E-state index in [0.717, 1.165) is 11.1 Å². The molecular weight excluding hydrogens is 364 g/mol. The SMILES string of the molecule is CCOC(=O)/C(=C\c1ccccc1)C(=O)c1ccccc1OCc1ccccc1.